The van der Waals surface area contributed by atoms with E-state index < -0.39 is 6.09 Å². The van der Waals surface area contributed by atoms with Crippen molar-refractivity contribution >= 4 is 11.8 Å². The number of methoxy groups -OCH3 is 1. The Hall–Kier alpha value is -1.62. The maximum atomic E-state index is 13.7. The predicted molar refractivity (Wildman–Crippen MR) is 60.8 cm³/mol. The highest BCUT2D eigenvalue weighted by Crippen LogP contribution is 2.39. The Bertz CT molecular complexity index is 430. The van der Waals surface area contributed by atoms with Gasteiger partial charge < -0.3 is 9.84 Å². The zero-order valence-electron chi connectivity index (χ0n) is 9.44. The fraction of sp³-hybridized carbons (Fsp3) is 0.417. The first-order chi connectivity index (χ1) is 8.10. The lowest BCUT2D eigenvalue weighted by atomic mass is 9.77. The number of anilines is 1. The summed E-state index contributed by atoms with van der Waals surface area (Å²) < 4.78 is 18.9. The number of hydrogen-bond donors (Lipinski definition) is 2. The highest BCUT2D eigenvalue weighted by atomic mass is 19.1. The predicted octanol–water partition coefficient (Wildman–Crippen LogP) is 2.81. The van der Waals surface area contributed by atoms with Crippen molar-refractivity contribution < 1.29 is 19.0 Å². The van der Waals surface area contributed by atoms with Crippen LogP contribution in [-0.4, -0.2) is 24.4 Å². The van der Waals surface area contributed by atoms with E-state index in [1.165, 1.54) is 6.07 Å². The lowest BCUT2D eigenvalue weighted by Crippen LogP contribution is -2.29. The van der Waals surface area contributed by atoms with Crippen LogP contribution in [0.3, 0.4) is 0 Å². The second kappa shape index (κ2) is 4.71. The number of amides is 1. The van der Waals surface area contributed by atoms with Crippen LogP contribution in [0.25, 0.3) is 0 Å². The summed E-state index contributed by atoms with van der Waals surface area (Å²) in [7, 11) is 1.65. The molecule has 0 bridgehead atoms. The first-order valence-corrected chi connectivity index (χ1v) is 5.42. The number of carbonyl (C=O) groups is 1. The SMILES string of the molecule is COC1CC(c2ccc(NC(=O)O)cc2F)C1. The van der Waals surface area contributed by atoms with Gasteiger partial charge in [0.1, 0.15) is 5.82 Å². The molecule has 1 aliphatic carbocycles. The Kier molecular flexibility index (Phi) is 3.28. The molecule has 2 rings (SSSR count). The third-order valence-corrected chi connectivity index (χ3v) is 3.12. The molecule has 1 aromatic carbocycles. The second-order valence-corrected chi connectivity index (χ2v) is 4.19. The summed E-state index contributed by atoms with van der Waals surface area (Å²) in [5, 5.41) is 10.6. The van der Waals surface area contributed by atoms with E-state index in [-0.39, 0.29) is 23.5 Å². The Morgan fingerprint density at radius 1 is 1.53 bits per heavy atom. The van der Waals surface area contributed by atoms with Gasteiger partial charge in [0.05, 0.1) is 6.10 Å². The van der Waals surface area contributed by atoms with Crippen molar-refractivity contribution in [2.75, 3.05) is 12.4 Å². The van der Waals surface area contributed by atoms with Gasteiger partial charge in [-0.3, -0.25) is 5.32 Å². The maximum absolute atomic E-state index is 13.7. The monoisotopic (exact) mass is 239 g/mol. The molecule has 1 aromatic rings. The zero-order chi connectivity index (χ0) is 12.4. The van der Waals surface area contributed by atoms with Gasteiger partial charge in [0, 0.05) is 12.8 Å². The lowest BCUT2D eigenvalue weighted by Gasteiger charge is -2.34. The molecule has 0 aliphatic heterocycles. The summed E-state index contributed by atoms with van der Waals surface area (Å²) in [6.45, 7) is 0. The molecule has 0 aromatic heterocycles. The smallest absolute Gasteiger partial charge is 0.409 e. The first kappa shape index (κ1) is 11.9. The third-order valence-electron chi connectivity index (χ3n) is 3.12. The highest BCUT2D eigenvalue weighted by Gasteiger charge is 2.31. The normalized spacial score (nSPS) is 22.9. The quantitative estimate of drug-likeness (QED) is 0.852. The van der Waals surface area contributed by atoms with Gasteiger partial charge in [0.15, 0.2) is 0 Å². The molecule has 5 heteroatoms. The minimum atomic E-state index is -1.19. The fourth-order valence-electron chi connectivity index (χ4n) is 2.07. The Morgan fingerprint density at radius 2 is 2.24 bits per heavy atom. The average Bonchev–Trinajstić information content (AvgIpc) is 2.18. The molecule has 0 spiro atoms. The van der Waals surface area contributed by atoms with E-state index >= 15 is 0 Å². The van der Waals surface area contributed by atoms with Crippen LogP contribution in [0.4, 0.5) is 14.9 Å². The van der Waals surface area contributed by atoms with Crippen LogP contribution in [0, 0.1) is 5.82 Å². The summed E-state index contributed by atoms with van der Waals surface area (Å²) in [5.41, 5.74) is 0.885. The van der Waals surface area contributed by atoms with E-state index in [0.29, 0.717) is 5.56 Å². The van der Waals surface area contributed by atoms with Gasteiger partial charge in [-0.05, 0) is 36.5 Å². The molecule has 2 N–H and O–H groups in total. The number of hydrogen-bond acceptors (Lipinski definition) is 2. The second-order valence-electron chi connectivity index (χ2n) is 4.19. The number of rotatable bonds is 3. The minimum Gasteiger partial charge on any atom is -0.465 e. The van der Waals surface area contributed by atoms with Crippen molar-refractivity contribution in [1.82, 2.24) is 0 Å². The molecule has 0 radical (unpaired) electrons. The van der Waals surface area contributed by atoms with Crippen molar-refractivity contribution in [3.63, 3.8) is 0 Å². The van der Waals surface area contributed by atoms with E-state index in [9.17, 15) is 9.18 Å². The summed E-state index contributed by atoms with van der Waals surface area (Å²) in [4.78, 5) is 10.4. The largest absolute Gasteiger partial charge is 0.465 e. The topological polar surface area (TPSA) is 58.6 Å². The summed E-state index contributed by atoms with van der Waals surface area (Å²) >= 11 is 0. The number of benzene rings is 1. The Labute approximate surface area is 98.4 Å². The van der Waals surface area contributed by atoms with Crippen LogP contribution in [0.15, 0.2) is 18.2 Å². The van der Waals surface area contributed by atoms with Crippen LogP contribution < -0.4 is 5.32 Å². The highest BCUT2D eigenvalue weighted by molar-refractivity contribution is 5.82. The summed E-state index contributed by atoms with van der Waals surface area (Å²) in [5.74, 6) is -0.186. The van der Waals surface area contributed by atoms with Crippen molar-refractivity contribution in [2.24, 2.45) is 0 Å². The zero-order valence-corrected chi connectivity index (χ0v) is 9.44. The van der Waals surface area contributed by atoms with Gasteiger partial charge in [-0.2, -0.15) is 0 Å². The van der Waals surface area contributed by atoms with E-state index in [1.54, 1.807) is 19.2 Å². The average molecular weight is 239 g/mol. The van der Waals surface area contributed by atoms with Crippen molar-refractivity contribution in [1.29, 1.82) is 0 Å². The fourth-order valence-corrected chi connectivity index (χ4v) is 2.07. The number of nitrogens with one attached hydrogen (secondary N) is 1. The molecule has 1 saturated carbocycles. The number of ether oxygens (including phenoxy) is 1. The molecule has 4 nitrogen and oxygen atoms in total. The molecule has 0 atom stereocenters. The van der Waals surface area contributed by atoms with Gasteiger partial charge in [-0.25, -0.2) is 9.18 Å². The van der Waals surface area contributed by atoms with E-state index in [2.05, 4.69) is 5.32 Å². The van der Waals surface area contributed by atoms with Crippen LogP contribution in [0.5, 0.6) is 0 Å². The van der Waals surface area contributed by atoms with Gasteiger partial charge in [-0.15, -0.1) is 0 Å². The van der Waals surface area contributed by atoms with Gasteiger partial charge in [-0.1, -0.05) is 6.07 Å². The van der Waals surface area contributed by atoms with Crippen LogP contribution in [0.1, 0.15) is 24.3 Å². The Morgan fingerprint density at radius 3 is 2.76 bits per heavy atom. The standard InChI is InChI=1S/C12H14FNO3/c1-17-9-4-7(5-9)10-3-2-8(6-11(10)13)14-12(15)16/h2-3,6-7,9,14H,4-5H2,1H3,(H,15,16). The molecule has 0 heterocycles. The molecule has 1 amide bonds. The van der Waals surface area contributed by atoms with Gasteiger partial charge in [0.25, 0.3) is 0 Å². The van der Waals surface area contributed by atoms with Crippen molar-refractivity contribution in [2.45, 2.75) is 24.9 Å². The molecule has 1 fully saturated rings. The summed E-state index contributed by atoms with van der Waals surface area (Å²) in [6.07, 6.45) is 0.662. The van der Waals surface area contributed by atoms with Crippen molar-refractivity contribution in [3.8, 4) is 0 Å². The molecule has 17 heavy (non-hydrogen) atoms. The maximum Gasteiger partial charge on any atom is 0.409 e. The molecular formula is C12H14FNO3. The van der Waals surface area contributed by atoms with E-state index in [4.69, 9.17) is 9.84 Å². The van der Waals surface area contributed by atoms with Crippen molar-refractivity contribution in [3.05, 3.63) is 29.6 Å². The Balaban J connectivity index is 2.07. The molecule has 0 saturated heterocycles. The number of carboxylic acid groups (broad SMARTS) is 1. The van der Waals surface area contributed by atoms with Gasteiger partial charge in [0.2, 0.25) is 0 Å². The van der Waals surface area contributed by atoms with Crippen LogP contribution in [-0.2, 0) is 4.74 Å². The molecular weight excluding hydrogens is 225 g/mol. The minimum absolute atomic E-state index is 0.179. The van der Waals surface area contributed by atoms with Crippen LogP contribution >= 0.6 is 0 Å². The first-order valence-electron chi connectivity index (χ1n) is 5.42. The third kappa shape index (κ3) is 2.55. The number of halogens is 1. The molecule has 0 unspecified atom stereocenters. The molecule has 92 valence electrons. The van der Waals surface area contributed by atoms with E-state index in [0.717, 1.165) is 12.8 Å². The lowest BCUT2D eigenvalue weighted by molar-refractivity contribution is 0.0250. The summed E-state index contributed by atoms with van der Waals surface area (Å²) in [6, 6.07) is 4.42. The van der Waals surface area contributed by atoms with E-state index in [1.807, 2.05) is 0 Å². The molecule has 1 aliphatic rings. The van der Waals surface area contributed by atoms with Crippen LogP contribution in [0.2, 0.25) is 0 Å². The van der Waals surface area contributed by atoms with Gasteiger partial charge >= 0.3 is 6.09 Å².